The number of halogens is 2. The van der Waals surface area contributed by atoms with Crippen LogP contribution in [0.2, 0.25) is 0 Å². The predicted molar refractivity (Wildman–Crippen MR) is 89.4 cm³/mol. The van der Waals surface area contributed by atoms with Crippen molar-refractivity contribution in [2.45, 2.75) is 12.8 Å². The third kappa shape index (κ3) is 3.13. The lowest BCUT2D eigenvalue weighted by Gasteiger charge is -2.30. The van der Waals surface area contributed by atoms with Gasteiger partial charge in [-0.25, -0.2) is 0 Å². The number of amides is 1. The van der Waals surface area contributed by atoms with E-state index in [9.17, 15) is 9.90 Å². The molecule has 7 heteroatoms. The third-order valence-corrected chi connectivity index (χ3v) is 4.50. The second kappa shape index (κ2) is 6.62. The number of phenols is 1. The van der Waals surface area contributed by atoms with Crippen LogP contribution in [0, 0.1) is 0 Å². The summed E-state index contributed by atoms with van der Waals surface area (Å²) in [5.74, 6) is 0.502. The molecule has 0 aromatic heterocycles. The second-order valence-corrected chi connectivity index (χ2v) is 6.30. The first kappa shape index (κ1) is 16.0. The van der Waals surface area contributed by atoms with Crippen LogP contribution in [0.1, 0.15) is 23.2 Å². The number of amidine groups is 1. The number of phenolic OH excluding ortho intramolecular Hbond substituents is 1. The van der Waals surface area contributed by atoms with Crippen LogP contribution >= 0.6 is 31.9 Å². The molecule has 1 amide bonds. The SMILES string of the molecule is CN=C1C(=CN)CCCN1C(=O)c1cc(Br)c(O)c(Br)c1. The Kier molecular flexibility index (Phi) is 5.05. The molecule has 1 aromatic rings. The van der Waals surface area contributed by atoms with E-state index in [4.69, 9.17) is 5.73 Å². The summed E-state index contributed by atoms with van der Waals surface area (Å²) in [6.45, 7) is 0.596. The zero-order valence-corrected chi connectivity index (χ0v) is 14.6. The van der Waals surface area contributed by atoms with Gasteiger partial charge in [0.05, 0.1) is 8.95 Å². The van der Waals surface area contributed by atoms with E-state index in [1.54, 1.807) is 24.1 Å². The maximum atomic E-state index is 12.7. The summed E-state index contributed by atoms with van der Waals surface area (Å²) in [5.41, 5.74) is 6.94. The molecular formula is C14H15Br2N3O2. The van der Waals surface area contributed by atoms with Crippen LogP contribution in [-0.2, 0) is 0 Å². The first-order chi connectivity index (χ1) is 9.99. The van der Waals surface area contributed by atoms with E-state index in [2.05, 4.69) is 36.9 Å². The number of benzene rings is 1. The van der Waals surface area contributed by atoms with Gasteiger partial charge >= 0.3 is 0 Å². The Bertz CT molecular complexity index is 618. The maximum Gasteiger partial charge on any atom is 0.259 e. The van der Waals surface area contributed by atoms with E-state index in [1.807, 2.05) is 0 Å². The third-order valence-electron chi connectivity index (χ3n) is 3.29. The molecule has 1 aromatic carbocycles. The van der Waals surface area contributed by atoms with Gasteiger partial charge in [-0.05, 0) is 56.8 Å². The molecule has 0 saturated carbocycles. The van der Waals surface area contributed by atoms with E-state index < -0.39 is 0 Å². The van der Waals surface area contributed by atoms with Gasteiger partial charge in [-0.1, -0.05) is 0 Å². The Balaban J connectivity index is 2.39. The van der Waals surface area contributed by atoms with Gasteiger partial charge < -0.3 is 10.8 Å². The van der Waals surface area contributed by atoms with Crippen LogP contribution in [0.4, 0.5) is 0 Å². The molecule has 5 nitrogen and oxygen atoms in total. The van der Waals surface area contributed by atoms with Gasteiger partial charge in [-0.3, -0.25) is 14.7 Å². The van der Waals surface area contributed by atoms with Crippen molar-refractivity contribution in [1.82, 2.24) is 4.90 Å². The number of carbonyl (C=O) groups excluding carboxylic acids is 1. The molecule has 2 rings (SSSR count). The zero-order valence-electron chi connectivity index (χ0n) is 11.4. The largest absolute Gasteiger partial charge is 0.506 e. The normalized spacial score (nSPS) is 19.3. The molecule has 0 spiro atoms. The summed E-state index contributed by atoms with van der Waals surface area (Å²) in [7, 11) is 1.65. The minimum atomic E-state index is -0.170. The molecule has 1 aliphatic rings. The van der Waals surface area contributed by atoms with Crippen molar-refractivity contribution in [2.75, 3.05) is 13.6 Å². The van der Waals surface area contributed by atoms with E-state index in [1.165, 1.54) is 6.20 Å². The second-order valence-electron chi connectivity index (χ2n) is 4.59. The van der Waals surface area contributed by atoms with Crippen LogP contribution in [0.25, 0.3) is 0 Å². The average Bonchev–Trinajstić information content (AvgIpc) is 2.50. The lowest BCUT2D eigenvalue weighted by Crippen LogP contribution is -2.42. The molecule has 1 heterocycles. The smallest absolute Gasteiger partial charge is 0.259 e. The minimum absolute atomic E-state index is 0.0668. The number of piperidine rings is 1. The Hall–Kier alpha value is -1.34. The number of aliphatic imine (C=N–C) groups is 1. The fourth-order valence-electron chi connectivity index (χ4n) is 2.28. The molecule has 1 fully saturated rings. The number of hydrogen-bond donors (Lipinski definition) is 2. The quantitative estimate of drug-likeness (QED) is 0.738. The Morgan fingerprint density at radius 3 is 2.57 bits per heavy atom. The van der Waals surface area contributed by atoms with Crippen molar-refractivity contribution in [2.24, 2.45) is 10.7 Å². The van der Waals surface area contributed by atoms with Gasteiger partial charge in [-0.2, -0.15) is 0 Å². The molecule has 112 valence electrons. The molecular weight excluding hydrogens is 402 g/mol. The van der Waals surface area contributed by atoms with Crippen molar-refractivity contribution < 1.29 is 9.90 Å². The van der Waals surface area contributed by atoms with Crippen LogP contribution in [0.3, 0.4) is 0 Å². The Morgan fingerprint density at radius 1 is 1.43 bits per heavy atom. The van der Waals surface area contributed by atoms with Crippen LogP contribution in [-0.4, -0.2) is 35.3 Å². The van der Waals surface area contributed by atoms with Gasteiger partial charge in [0, 0.05) is 30.9 Å². The number of carbonyl (C=O) groups is 1. The highest BCUT2D eigenvalue weighted by Crippen LogP contribution is 2.34. The summed E-state index contributed by atoms with van der Waals surface area (Å²) in [6.07, 6.45) is 3.16. The van der Waals surface area contributed by atoms with Crippen molar-refractivity contribution in [3.05, 3.63) is 38.4 Å². The highest BCUT2D eigenvalue weighted by Gasteiger charge is 2.27. The number of hydrogen-bond acceptors (Lipinski definition) is 4. The first-order valence-corrected chi connectivity index (χ1v) is 7.96. The van der Waals surface area contributed by atoms with Gasteiger partial charge in [0.2, 0.25) is 0 Å². The molecule has 3 N–H and O–H groups in total. The van der Waals surface area contributed by atoms with Gasteiger partial charge in [0.25, 0.3) is 5.91 Å². The van der Waals surface area contributed by atoms with Crippen molar-refractivity contribution in [3.8, 4) is 5.75 Å². The Labute approximate surface area is 139 Å². The monoisotopic (exact) mass is 415 g/mol. The molecule has 0 bridgehead atoms. The topological polar surface area (TPSA) is 78.9 Å². The molecule has 0 unspecified atom stereocenters. The first-order valence-electron chi connectivity index (χ1n) is 6.37. The molecule has 1 aliphatic heterocycles. The summed E-state index contributed by atoms with van der Waals surface area (Å²) in [5, 5.41) is 9.73. The zero-order chi connectivity index (χ0) is 15.6. The molecule has 1 saturated heterocycles. The molecule has 0 radical (unpaired) electrons. The number of nitrogens with zero attached hydrogens (tertiary/aromatic N) is 2. The number of likely N-dealkylation sites (tertiary alicyclic amines) is 1. The summed E-state index contributed by atoms with van der Waals surface area (Å²) < 4.78 is 0.920. The lowest BCUT2D eigenvalue weighted by atomic mass is 10.0. The van der Waals surface area contributed by atoms with E-state index in [-0.39, 0.29) is 11.7 Å². The predicted octanol–water partition coefficient (Wildman–Crippen LogP) is 3.02. The summed E-state index contributed by atoms with van der Waals surface area (Å²) >= 11 is 6.47. The fourth-order valence-corrected chi connectivity index (χ4v) is 3.47. The number of rotatable bonds is 1. The average molecular weight is 417 g/mol. The molecule has 21 heavy (non-hydrogen) atoms. The van der Waals surface area contributed by atoms with Crippen molar-refractivity contribution in [1.29, 1.82) is 0 Å². The van der Waals surface area contributed by atoms with Gasteiger partial charge in [0.15, 0.2) is 0 Å². The van der Waals surface area contributed by atoms with Crippen LogP contribution in [0.15, 0.2) is 37.8 Å². The standard InChI is InChI=1S/C14H15Br2N3O2/c1-18-13-8(7-17)3-2-4-19(13)14(21)9-5-10(15)12(20)11(16)6-9/h5-7,20H,2-4,17H2,1H3. The van der Waals surface area contributed by atoms with Crippen LogP contribution < -0.4 is 5.73 Å². The van der Waals surface area contributed by atoms with Crippen LogP contribution in [0.5, 0.6) is 5.75 Å². The van der Waals surface area contributed by atoms with Crippen molar-refractivity contribution in [3.63, 3.8) is 0 Å². The highest BCUT2D eigenvalue weighted by atomic mass is 79.9. The lowest BCUT2D eigenvalue weighted by molar-refractivity contribution is 0.0840. The Morgan fingerprint density at radius 2 is 2.05 bits per heavy atom. The van der Waals surface area contributed by atoms with Gasteiger partial charge in [0.1, 0.15) is 11.6 Å². The van der Waals surface area contributed by atoms with Crippen molar-refractivity contribution >= 4 is 43.6 Å². The van der Waals surface area contributed by atoms with E-state index >= 15 is 0 Å². The minimum Gasteiger partial charge on any atom is -0.506 e. The summed E-state index contributed by atoms with van der Waals surface area (Å²) in [4.78, 5) is 18.5. The number of nitrogens with two attached hydrogens (primary N) is 1. The van der Waals surface area contributed by atoms with E-state index in [0.29, 0.717) is 26.9 Å². The maximum absolute atomic E-state index is 12.7. The van der Waals surface area contributed by atoms with E-state index in [0.717, 1.165) is 18.4 Å². The molecule has 0 aliphatic carbocycles. The highest BCUT2D eigenvalue weighted by molar-refractivity contribution is 9.11. The summed E-state index contributed by atoms with van der Waals surface area (Å²) in [6, 6.07) is 3.19. The van der Waals surface area contributed by atoms with Gasteiger partial charge in [-0.15, -0.1) is 0 Å². The fraction of sp³-hybridized carbons (Fsp3) is 0.286. The molecule has 0 atom stereocenters. The number of aromatic hydroxyl groups is 1.